The first-order valence-electron chi connectivity index (χ1n) is 5.22. The molecule has 0 radical (unpaired) electrons. The van der Waals surface area contributed by atoms with Crippen LogP contribution in [-0.4, -0.2) is 34.9 Å². The summed E-state index contributed by atoms with van der Waals surface area (Å²) in [6.07, 6.45) is 1.74. The van der Waals surface area contributed by atoms with E-state index in [0.29, 0.717) is 11.1 Å². The van der Waals surface area contributed by atoms with Crippen LogP contribution in [0.1, 0.15) is 19.8 Å². The molecule has 0 aromatic rings. The van der Waals surface area contributed by atoms with E-state index in [1.165, 1.54) is 7.11 Å². The summed E-state index contributed by atoms with van der Waals surface area (Å²) in [5.74, 6) is 0.688. The molecule has 5 unspecified atom stereocenters. The van der Waals surface area contributed by atoms with Crippen molar-refractivity contribution in [1.82, 2.24) is 10.5 Å². The Balaban J connectivity index is 2.17. The summed E-state index contributed by atoms with van der Waals surface area (Å²) < 4.78 is 0. The van der Waals surface area contributed by atoms with E-state index in [2.05, 4.69) is 11.8 Å². The number of nitrogens with zero attached hydrogens (tertiary/aromatic N) is 2. The van der Waals surface area contributed by atoms with E-state index in [0.717, 1.165) is 12.8 Å². The van der Waals surface area contributed by atoms with Gasteiger partial charge < -0.3 is 20.5 Å². The van der Waals surface area contributed by atoms with Gasteiger partial charge in [0.25, 0.3) is 0 Å². The topological polar surface area (TPSA) is 82.1 Å². The summed E-state index contributed by atoms with van der Waals surface area (Å²) in [6, 6.07) is -1.17. The first kappa shape index (κ1) is 11.3. The third-order valence-electron chi connectivity index (χ3n) is 3.93. The van der Waals surface area contributed by atoms with E-state index < -0.39 is 12.1 Å². The fourth-order valence-corrected chi connectivity index (χ4v) is 3.33. The van der Waals surface area contributed by atoms with E-state index in [1.54, 1.807) is 0 Å². The molecule has 0 aliphatic heterocycles. The quantitative estimate of drug-likeness (QED) is 0.707. The molecule has 2 rings (SSSR count). The number of fused-ring (bicyclic) bond motifs is 2. The molecular weight excluding hydrogens is 200 g/mol. The Morgan fingerprint density at radius 1 is 1.27 bits per heavy atom. The maximum absolute atomic E-state index is 11.5. The zero-order valence-electron chi connectivity index (χ0n) is 8.87. The van der Waals surface area contributed by atoms with E-state index >= 15 is 0 Å². The molecule has 2 saturated carbocycles. The third kappa shape index (κ3) is 1.67. The minimum absolute atomic E-state index is 0.0644. The molecule has 0 heterocycles. The minimum atomic E-state index is -0.636. The number of hydrogen-bond acceptors (Lipinski definition) is 6. The molecule has 2 aliphatic rings. The van der Waals surface area contributed by atoms with Crippen LogP contribution < -0.4 is 0 Å². The van der Waals surface area contributed by atoms with Gasteiger partial charge in [-0.05, 0) is 30.6 Å². The van der Waals surface area contributed by atoms with Crippen molar-refractivity contribution in [2.75, 3.05) is 7.11 Å². The lowest BCUT2D eigenvalue weighted by molar-refractivity contribution is -0.188. The van der Waals surface area contributed by atoms with Crippen molar-refractivity contribution in [2.24, 2.45) is 17.8 Å². The monoisotopic (exact) mass is 216 g/mol. The zero-order valence-corrected chi connectivity index (χ0v) is 8.87. The van der Waals surface area contributed by atoms with E-state index in [-0.39, 0.29) is 17.1 Å². The highest BCUT2D eigenvalue weighted by Gasteiger charge is 2.52. The summed E-state index contributed by atoms with van der Waals surface area (Å²) in [6.45, 7) is 2.07. The van der Waals surface area contributed by atoms with Crippen molar-refractivity contribution in [2.45, 2.75) is 31.8 Å². The highest BCUT2D eigenvalue weighted by Crippen LogP contribution is 2.51. The van der Waals surface area contributed by atoms with E-state index in [1.807, 2.05) is 0 Å². The van der Waals surface area contributed by atoms with Crippen molar-refractivity contribution in [3.63, 3.8) is 0 Å². The number of rotatable bonds is 3. The normalized spacial score (nSPS) is 44.6. The van der Waals surface area contributed by atoms with Gasteiger partial charge in [-0.2, -0.15) is 0 Å². The first-order chi connectivity index (χ1) is 7.06. The third-order valence-corrected chi connectivity index (χ3v) is 3.93. The second-order valence-electron chi connectivity index (χ2n) is 4.62. The maximum atomic E-state index is 11.5. The van der Waals surface area contributed by atoms with Crippen LogP contribution in [0.4, 0.5) is 0 Å². The maximum Gasteiger partial charge on any atom is 0.0563 e. The fourth-order valence-electron chi connectivity index (χ4n) is 3.33. The van der Waals surface area contributed by atoms with Crippen LogP contribution in [0.5, 0.6) is 0 Å². The largest absolute Gasteiger partial charge is 0.762 e. The molecule has 0 aromatic heterocycles. The van der Waals surface area contributed by atoms with Crippen molar-refractivity contribution in [1.29, 1.82) is 0 Å². The van der Waals surface area contributed by atoms with Crippen molar-refractivity contribution < 1.29 is 10.0 Å². The van der Waals surface area contributed by atoms with E-state index in [4.69, 9.17) is 5.21 Å². The van der Waals surface area contributed by atoms with Gasteiger partial charge in [-0.1, -0.05) is 6.92 Å². The lowest BCUT2D eigenvalue weighted by Crippen LogP contribution is -2.51. The van der Waals surface area contributed by atoms with Crippen LogP contribution in [0, 0.1) is 28.2 Å². The van der Waals surface area contributed by atoms with Gasteiger partial charge in [-0.15, -0.1) is 0 Å². The molecule has 0 spiro atoms. The van der Waals surface area contributed by atoms with Crippen LogP contribution in [0.2, 0.25) is 0 Å². The molecule has 2 bridgehead atoms. The lowest BCUT2D eigenvalue weighted by Gasteiger charge is -2.47. The van der Waals surface area contributed by atoms with Crippen LogP contribution in [0.15, 0.2) is 0 Å². The highest BCUT2D eigenvalue weighted by molar-refractivity contribution is 5.06. The summed E-state index contributed by atoms with van der Waals surface area (Å²) in [4.78, 5) is 4.62. The van der Waals surface area contributed by atoms with Crippen LogP contribution >= 0.6 is 0 Å². The second kappa shape index (κ2) is 3.97. The average molecular weight is 216 g/mol. The molecule has 5 atom stereocenters. The van der Waals surface area contributed by atoms with Gasteiger partial charge in [0.1, 0.15) is 0 Å². The molecule has 0 aromatic carbocycles. The Bertz CT molecular complexity index is 238. The van der Waals surface area contributed by atoms with Gasteiger partial charge in [0.05, 0.1) is 7.11 Å². The molecule has 2 fully saturated rings. The van der Waals surface area contributed by atoms with Gasteiger partial charge in [-0.25, -0.2) is 0 Å². The summed E-state index contributed by atoms with van der Waals surface area (Å²) in [7, 11) is 1.28. The standard InChI is InChI=1S/C9H16N2O4/c1-5-3-6-4-7(5)9(11(14)15-2)8(6)10(12)13/h5-9,12H,3-4H2,1-2H3/q-2. The predicted octanol–water partition coefficient (Wildman–Crippen LogP) is 0.950. The van der Waals surface area contributed by atoms with Crippen LogP contribution in [0.25, 0.3) is 0 Å². The average Bonchev–Trinajstić information content (AvgIpc) is 2.71. The first-order valence-corrected chi connectivity index (χ1v) is 5.22. The highest BCUT2D eigenvalue weighted by atomic mass is 16.9. The molecule has 2 aliphatic carbocycles. The van der Waals surface area contributed by atoms with Crippen LogP contribution in [0.3, 0.4) is 0 Å². The summed E-state index contributed by atoms with van der Waals surface area (Å²) in [5.41, 5.74) is 0. The molecule has 6 nitrogen and oxygen atoms in total. The Morgan fingerprint density at radius 2 is 1.93 bits per heavy atom. The van der Waals surface area contributed by atoms with Gasteiger partial charge >= 0.3 is 0 Å². The van der Waals surface area contributed by atoms with Gasteiger partial charge in [-0.3, -0.25) is 10.5 Å². The van der Waals surface area contributed by atoms with Crippen molar-refractivity contribution in [3.8, 4) is 0 Å². The Hall–Kier alpha value is -0.240. The second-order valence-corrected chi connectivity index (χ2v) is 4.62. The molecule has 15 heavy (non-hydrogen) atoms. The minimum Gasteiger partial charge on any atom is -0.762 e. The van der Waals surface area contributed by atoms with Gasteiger partial charge in [0, 0.05) is 12.1 Å². The Kier molecular flexibility index (Phi) is 2.98. The summed E-state index contributed by atoms with van der Waals surface area (Å²) in [5, 5.41) is 31.9. The Morgan fingerprint density at radius 3 is 2.47 bits per heavy atom. The smallest absolute Gasteiger partial charge is 0.0563 e. The van der Waals surface area contributed by atoms with Crippen molar-refractivity contribution >= 4 is 0 Å². The predicted molar refractivity (Wildman–Crippen MR) is 52.2 cm³/mol. The molecule has 88 valence electrons. The number of hydrogen-bond donors (Lipinski definition) is 1. The molecule has 1 N–H and O–H groups in total. The lowest BCUT2D eigenvalue weighted by atomic mass is 9.83. The molecule has 0 amide bonds. The van der Waals surface area contributed by atoms with Gasteiger partial charge in [0.2, 0.25) is 0 Å². The van der Waals surface area contributed by atoms with Gasteiger partial charge in [0.15, 0.2) is 0 Å². The van der Waals surface area contributed by atoms with Crippen molar-refractivity contribution in [3.05, 3.63) is 10.4 Å². The molecular formula is C9H16N2O4-2. The summed E-state index contributed by atoms with van der Waals surface area (Å²) >= 11 is 0. The fraction of sp³-hybridized carbons (Fsp3) is 1.00. The number of hydroxylamine groups is 4. The zero-order chi connectivity index (χ0) is 11.2. The SMILES string of the molecule is CON([O-])C1C2CC(CC2C)C1N([O-])O. The van der Waals surface area contributed by atoms with E-state index in [9.17, 15) is 10.4 Å². The molecule has 6 heteroatoms. The van der Waals surface area contributed by atoms with Crippen LogP contribution in [-0.2, 0) is 4.84 Å². The Labute approximate surface area is 88.5 Å². The molecule has 0 saturated heterocycles.